The third kappa shape index (κ3) is 4.08. The van der Waals surface area contributed by atoms with Gasteiger partial charge in [-0.15, -0.1) is 0 Å². The number of urea groups is 1. The molecule has 6 heteroatoms. The number of nitrogens with one attached hydrogen (secondary N) is 2. The number of carbonyl (C=O) groups is 2. The topological polar surface area (TPSA) is 78.4 Å². The van der Waals surface area contributed by atoms with E-state index in [1.807, 2.05) is 6.26 Å². The quantitative estimate of drug-likeness (QED) is 0.712. The normalized spacial score (nSPS) is 24.9. The third-order valence-electron chi connectivity index (χ3n) is 3.29. The molecule has 1 saturated carbocycles. The van der Waals surface area contributed by atoms with Crippen LogP contribution in [0.1, 0.15) is 33.1 Å². The molecule has 3 atom stereocenters. The molecule has 1 fully saturated rings. The second kappa shape index (κ2) is 6.87. The molecule has 5 nitrogen and oxygen atoms in total. The van der Waals surface area contributed by atoms with Crippen LogP contribution in [0.4, 0.5) is 4.79 Å². The molecule has 0 aromatic carbocycles. The van der Waals surface area contributed by atoms with Gasteiger partial charge in [-0.25, -0.2) is 9.59 Å². The van der Waals surface area contributed by atoms with Gasteiger partial charge < -0.3 is 15.7 Å². The summed E-state index contributed by atoms with van der Waals surface area (Å²) in [5.41, 5.74) is 0. The van der Waals surface area contributed by atoms with E-state index in [0.717, 1.165) is 19.3 Å². The summed E-state index contributed by atoms with van der Waals surface area (Å²) in [6.07, 6.45) is 5.23. The molecule has 0 heterocycles. The first-order chi connectivity index (χ1) is 8.45. The van der Waals surface area contributed by atoms with Crippen molar-refractivity contribution >= 4 is 23.8 Å². The van der Waals surface area contributed by atoms with E-state index in [2.05, 4.69) is 10.6 Å². The van der Waals surface area contributed by atoms with Crippen molar-refractivity contribution in [2.75, 3.05) is 6.26 Å². The second-order valence-electron chi connectivity index (χ2n) is 4.99. The zero-order chi connectivity index (χ0) is 13.7. The zero-order valence-electron chi connectivity index (χ0n) is 11.1. The van der Waals surface area contributed by atoms with Gasteiger partial charge in [0.25, 0.3) is 0 Å². The van der Waals surface area contributed by atoms with E-state index in [1.165, 1.54) is 0 Å². The highest BCUT2D eigenvalue weighted by Gasteiger charge is 2.29. The minimum atomic E-state index is -0.993. The number of hydrogen-bond acceptors (Lipinski definition) is 3. The predicted octanol–water partition coefficient (Wildman–Crippen LogP) is 1.68. The van der Waals surface area contributed by atoms with E-state index in [-0.39, 0.29) is 18.0 Å². The van der Waals surface area contributed by atoms with Gasteiger partial charge >= 0.3 is 12.0 Å². The van der Waals surface area contributed by atoms with Crippen LogP contribution in [0.3, 0.4) is 0 Å². The fraction of sp³-hybridized carbons (Fsp3) is 0.833. The van der Waals surface area contributed by atoms with Crippen molar-refractivity contribution in [1.82, 2.24) is 10.6 Å². The lowest BCUT2D eigenvalue weighted by atomic mass is 10.1. The maximum Gasteiger partial charge on any atom is 0.326 e. The van der Waals surface area contributed by atoms with E-state index in [9.17, 15) is 9.59 Å². The number of carboxylic acids is 1. The number of amides is 2. The van der Waals surface area contributed by atoms with Crippen molar-refractivity contribution in [2.45, 2.75) is 50.4 Å². The maximum absolute atomic E-state index is 11.8. The van der Waals surface area contributed by atoms with Gasteiger partial charge in [-0.2, -0.15) is 11.8 Å². The number of carboxylic acid groups (broad SMARTS) is 1. The first-order valence-electron chi connectivity index (χ1n) is 6.28. The molecule has 2 amide bonds. The Bertz CT molecular complexity index is 310. The number of hydrogen-bond donors (Lipinski definition) is 3. The highest BCUT2D eigenvalue weighted by atomic mass is 32.2. The van der Waals surface area contributed by atoms with Crippen LogP contribution in [0.15, 0.2) is 0 Å². The molecule has 0 spiro atoms. The van der Waals surface area contributed by atoms with Crippen LogP contribution in [0.25, 0.3) is 0 Å². The summed E-state index contributed by atoms with van der Waals surface area (Å²) >= 11 is 1.76. The Hall–Kier alpha value is -0.910. The molecule has 3 N–H and O–H groups in total. The Labute approximate surface area is 112 Å². The largest absolute Gasteiger partial charge is 0.480 e. The Morgan fingerprint density at radius 1 is 1.33 bits per heavy atom. The molecule has 18 heavy (non-hydrogen) atoms. The van der Waals surface area contributed by atoms with Crippen molar-refractivity contribution in [3.63, 3.8) is 0 Å². The Kier molecular flexibility index (Phi) is 5.78. The van der Waals surface area contributed by atoms with Crippen LogP contribution in [-0.4, -0.2) is 40.7 Å². The van der Waals surface area contributed by atoms with Crippen LogP contribution in [0, 0.1) is 5.92 Å². The Balaban J connectivity index is 2.47. The van der Waals surface area contributed by atoms with Crippen LogP contribution in [-0.2, 0) is 4.79 Å². The molecule has 2 unspecified atom stereocenters. The first-order valence-corrected chi connectivity index (χ1v) is 7.57. The van der Waals surface area contributed by atoms with Gasteiger partial charge in [-0.1, -0.05) is 20.3 Å². The van der Waals surface area contributed by atoms with Gasteiger partial charge in [-0.05, 0) is 25.0 Å². The summed E-state index contributed by atoms with van der Waals surface area (Å²) in [4.78, 5) is 22.8. The van der Waals surface area contributed by atoms with Crippen molar-refractivity contribution in [3.05, 3.63) is 0 Å². The predicted molar refractivity (Wildman–Crippen MR) is 72.9 cm³/mol. The van der Waals surface area contributed by atoms with E-state index in [1.54, 1.807) is 25.6 Å². The van der Waals surface area contributed by atoms with Crippen molar-refractivity contribution < 1.29 is 14.7 Å². The van der Waals surface area contributed by atoms with Crippen molar-refractivity contribution in [3.8, 4) is 0 Å². The summed E-state index contributed by atoms with van der Waals surface area (Å²) < 4.78 is 0. The molecule has 0 aromatic rings. The number of thioether (sulfide) groups is 1. The van der Waals surface area contributed by atoms with Crippen molar-refractivity contribution in [2.24, 2.45) is 5.92 Å². The Morgan fingerprint density at radius 2 is 2.00 bits per heavy atom. The van der Waals surface area contributed by atoms with Crippen LogP contribution < -0.4 is 10.6 Å². The minimum Gasteiger partial charge on any atom is -0.480 e. The third-order valence-corrected chi connectivity index (χ3v) is 4.46. The van der Waals surface area contributed by atoms with E-state index in [4.69, 9.17) is 5.11 Å². The average molecular weight is 274 g/mol. The molecule has 1 aliphatic carbocycles. The molecule has 0 aromatic heterocycles. The standard InChI is InChI=1S/C12H22N2O3S/c1-7(2)10(11(15)16)14-12(17)13-8-5-4-6-9(8)18-3/h7-10H,4-6H2,1-3H3,(H,15,16)(H2,13,14,17)/t8?,9?,10-/m1/s1. The molecule has 1 aliphatic rings. The highest BCUT2D eigenvalue weighted by molar-refractivity contribution is 7.99. The Morgan fingerprint density at radius 3 is 2.50 bits per heavy atom. The molecular formula is C12H22N2O3S. The molecule has 0 radical (unpaired) electrons. The summed E-state index contributed by atoms with van der Waals surface area (Å²) in [5, 5.41) is 14.9. The van der Waals surface area contributed by atoms with E-state index in [0.29, 0.717) is 5.25 Å². The van der Waals surface area contributed by atoms with E-state index >= 15 is 0 Å². The summed E-state index contributed by atoms with van der Waals surface area (Å²) in [6.45, 7) is 3.55. The SMILES string of the molecule is CSC1CCCC1NC(=O)N[C@@H](C(=O)O)C(C)C. The van der Waals surface area contributed by atoms with Gasteiger partial charge in [0.2, 0.25) is 0 Å². The number of aliphatic carboxylic acids is 1. The van der Waals surface area contributed by atoms with Crippen LogP contribution >= 0.6 is 11.8 Å². The van der Waals surface area contributed by atoms with Gasteiger partial charge in [0.1, 0.15) is 6.04 Å². The van der Waals surface area contributed by atoms with Gasteiger partial charge in [0.15, 0.2) is 0 Å². The van der Waals surface area contributed by atoms with E-state index < -0.39 is 12.0 Å². The van der Waals surface area contributed by atoms with Gasteiger partial charge in [0, 0.05) is 11.3 Å². The smallest absolute Gasteiger partial charge is 0.326 e. The second-order valence-corrected chi connectivity index (χ2v) is 6.07. The van der Waals surface area contributed by atoms with Crippen LogP contribution in [0.5, 0.6) is 0 Å². The van der Waals surface area contributed by atoms with Crippen molar-refractivity contribution in [1.29, 1.82) is 0 Å². The molecule has 0 bridgehead atoms. The lowest BCUT2D eigenvalue weighted by molar-refractivity contribution is -0.140. The van der Waals surface area contributed by atoms with Gasteiger partial charge in [-0.3, -0.25) is 0 Å². The average Bonchev–Trinajstić information content (AvgIpc) is 2.72. The lowest BCUT2D eigenvalue weighted by Crippen LogP contribution is -2.52. The summed E-state index contributed by atoms with van der Waals surface area (Å²) in [7, 11) is 0. The monoisotopic (exact) mass is 274 g/mol. The molecule has 104 valence electrons. The molecular weight excluding hydrogens is 252 g/mol. The van der Waals surface area contributed by atoms with Crippen LogP contribution in [0.2, 0.25) is 0 Å². The number of carbonyl (C=O) groups excluding carboxylic acids is 1. The summed E-state index contributed by atoms with van der Waals surface area (Å²) in [5.74, 6) is -1.12. The fourth-order valence-electron chi connectivity index (χ4n) is 2.24. The molecule has 0 aliphatic heterocycles. The lowest BCUT2D eigenvalue weighted by Gasteiger charge is -2.23. The fourth-order valence-corrected chi connectivity index (χ4v) is 3.17. The molecule has 1 rings (SSSR count). The van der Waals surface area contributed by atoms with Gasteiger partial charge in [0.05, 0.1) is 0 Å². The zero-order valence-corrected chi connectivity index (χ0v) is 11.9. The first kappa shape index (κ1) is 15.1. The minimum absolute atomic E-state index is 0.131. The molecule has 0 saturated heterocycles. The number of rotatable bonds is 5. The highest BCUT2D eigenvalue weighted by Crippen LogP contribution is 2.28. The maximum atomic E-state index is 11.8. The summed E-state index contributed by atoms with van der Waals surface area (Å²) in [6, 6.07) is -1.05.